The lowest BCUT2D eigenvalue weighted by molar-refractivity contribution is -0.167. The van der Waals surface area contributed by atoms with Crippen LogP contribution in [0.3, 0.4) is 0 Å². The highest BCUT2D eigenvalue weighted by atomic mass is 16.6. The number of esters is 3. The Morgan fingerprint density at radius 3 is 0.676 bits per heavy atom. The van der Waals surface area contributed by atoms with E-state index in [2.05, 4.69) is 45.1 Å². The fourth-order valence-corrected chi connectivity index (χ4v) is 10.1. The number of ether oxygens (including phenoxy) is 3. The van der Waals surface area contributed by atoms with Crippen LogP contribution in [-0.2, 0) is 28.6 Å². The van der Waals surface area contributed by atoms with Gasteiger partial charge in [-0.2, -0.15) is 0 Å². The number of hydrogen-bond donors (Lipinski definition) is 0. The lowest BCUT2D eigenvalue weighted by Crippen LogP contribution is -2.30. The van der Waals surface area contributed by atoms with E-state index in [-0.39, 0.29) is 31.1 Å². The minimum atomic E-state index is -0.767. The maximum absolute atomic E-state index is 12.9. The smallest absolute Gasteiger partial charge is 0.306 e. The Morgan fingerprint density at radius 1 is 0.257 bits per heavy atom. The molecule has 0 fully saturated rings. The number of rotatable bonds is 62. The summed E-state index contributed by atoms with van der Waals surface area (Å²) in [6.45, 7) is 6.67. The number of unbranched alkanes of at least 4 members (excludes halogenated alkanes) is 47. The second-order valence-corrected chi connectivity index (χ2v) is 22.7. The first kappa shape index (κ1) is 71.9. The van der Waals surface area contributed by atoms with Crippen molar-refractivity contribution >= 4 is 17.9 Å². The molecule has 0 saturated heterocycles. The van der Waals surface area contributed by atoms with Crippen molar-refractivity contribution in [3.05, 3.63) is 24.3 Å². The van der Waals surface area contributed by atoms with Crippen LogP contribution in [0, 0.1) is 0 Å². The summed E-state index contributed by atoms with van der Waals surface area (Å²) in [4.78, 5) is 38.1. The summed E-state index contributed by atoms with van der Waals surface area (Å²) in [5.74, 6) is -0.848. The van der Waals surface area contributed by atoms with Crippen molar-refractivity contribution < 1.29 is 28.6 Å². The molecule has 0 aromatic carbocycles. The van der Waals surface area contributed by atoms with Gasteiger partial charge in [0.15, 0.2) is 6.10 Å². The number of carbonyl (C=O) groups is 3. The van der Waals surface area contributed by atoms with Crippen LogP contribution in [0.4, 0.5) is 0 Å². The second-order valence-electron chi connectivity index (χ2n) is 22.7. The van der Waals surface area contributed by atoms with Crippen LogP contribution >= 0.6 is 0 Å². The molecule has 436 valence electrons. The molecule has 0 bridgehead atoms. The molecular formula is C68H128O6. The van der Waals surface area contributed by atoms with Gasteiger partial charge < -0.3 is 14.2 Å². The van der Waals surface area contributed by atoms with E-state index in [4.69, 9.17) is 14.2 Å². The third kappa shape index (κ3) is 60.8. The zero-order valence-corrected chi connectivity index (χ0v) is 50.1. The minimum absolute atomic E-state index is 0.0666. The molecule has 0 aliphatic heterocycles. The van der Waals surface area contributed by atoms with Crippen LogP contribution < -0.4 is 0 Å². The van der Waals surface area contributed by atoms with E-state index in [9.17, 15) is 14.4 Å². The summed E-state index contributed by atoms with van der Waals surface area (Å²) in [7, 11) is 0. The summed E-state index contributed by atoms with van der Waals surface area (Å²) in [6.07, 6.45) is 76.5. The Hall–Kier alpha value is -2.11. The highest BCUT2D eigenvalue weighted by Gasteiger charge is 2.19. The second kappa shape index (κ2) is 63.4. The zero-order valence-electron chi connectivity index (χ0n) is 50.1. The topological polar surface area (TPSA) is 78.9 Å². The molecular weight excluding hydrogens is 913 g/mol. The average Bonchev–Trinajstić information content (AvgIpc) is 3.40. The zero-order chi connectivity index (χ0) is 53.6. The highest BCUT2D eigenvalue weighted by Crippen LogP contribution is 2.18. The van der Waals surface area contributed by atoms with Crippen LogP contribution in [0.1, 0.15) is 374 Å². The Balaban J connectivity index is 4.05. The third-order valence-corrected chi connectivity index (χ3v) is 15.2. The quantitative estimate of drug-likeness (QED) is 0.0261. The van der Waals surface area contributed by atoms with Crippen LogP contribution in [0.25, 0.3) is 0 Å². The van der Waals surface area contributed by atoms with E-state index in [1.165, 1.54) is 276 Å². The first-order chi connectivity index (χ1) is 36.5. The maximum Gasteiger partial charge on any atom is 0.306 e. The molecule has 0 heterocycles. The Kier molecular flexibility index (Phi) is 61.6. The highest BCUT2D eigenvalue weighted by molar-refractivity contribution is 5.71. The largest absolute Gasteiger partial charge is 0.462 e. The van der Waals surface area contributed by atoms with Gasteiger partial charge in [0.05, 0.1) is 0 Å². The SMILES string of the molecule is CCCCCCCC/C=C\CCCCCCCCCCCC(=O)OC(COC(=O)CCCCCCCCCC)COC(=O)CCCCCCCCCCCCCCCCCCC/C=C\CCCCCCCCCC. The van der Waals surface area contributed by atoms with Crippen LogP contribution in [0.5, 0.6) is 0 Å². The monoisotopic (exact) mass is 1040 g/mol. The fourth-order valence-electron chi connectivity index (χ4n) is 10.1. The van der Waals surface area contributed by atoms with Crippen molar-refractivity contribution in [1.82, 2.24) is 0 Å². The molecule has 0 spiro atoms. The molecule has 0 aromatic heterocycles. The molecule has 1 unspecified atom stereocenters. The Bertz CT molecular complexity index is 1190. The first-order valence-corrected chi connectivity index (χ1v) is 33.3. The van der Waals surface area contributed by atoms with E-state index < -0.39 is 6.10 Å². The van der Waals surface area contributed by atoms with Crippen molar-refractivity contribution in [2.45, 2.75) is 380 Å². The lowest BCUT2D eigenvalue weighted by atomic mass is 10.0. The van der Waals surface area contributed by atoms with Gasteiger partial charge in [-0.05, 0) is 70.6 Å². The maximum atomic E-state index is 12.9. The van der Waals surface area contributed by atoms with Gasteiger partial charge in [0.2, 0.25) is 0 Å². The molecule has 1 atom stereocenters. The molecule has 0 rings (SSSR count). The van der Waals surface area contributed by atoms with Crippen molar-refractivity contribution in [2.75, 3.05) is 13.2 Å². The normalized spacial score (nSPS) is 12.1. The van der Waals surface area contributed by atoms with E-state index >= 15 is 0 Å². The number of allylic oxidation sites excluding steroid dienone is 4. The Labute approximate surface area is 462 Å². The van der Waals surface area contributed by atoms with E-state index in [0.717, 1.165) is 57.8 Å². The van der Waals surface area contributed by atoms with Crippen molar-refractivity contribution in [3.63, 3.8) is 0 Å². The fraction of sp³-hybridized carbons (Fsp3) is 0.897. The minimum Gasteiger partial charge on any atom is -0.462 e. The molecule has 0 radical (unpaired) electrons. The van der Waals surface area contributed by atoms with E-state index in [0.29, 0.717) is 19.3 Å². The Morgan fingerprint density at radius 2 is 0.446 bits per heavy atom. The number of hydrogen-bond acceptors (Lipinski definition) is 6. The third-order valence-electron chi connectivity index (χ3n) is 15.2. The summed E-state index contributed by atoms with van der Waals surface area (Å²) >= 11 is 0. The first-order valence-electron chi connectivity index (χ1n) is 33.3. The van der Waals surface area contributed by atoms with Gasteiger partial charge in [0.25, 0.3) is 0 Å². The van der Waals surface area contributed by atoms with Gasteiger partial charge in [-0.3, -0.25) is 14.4 Å². The average molecular weight is 1040 g/mol. The van der Waals surface area contributed by atoms with Crippen LogP contribution in [0.2, 0.25) is 0 Å². The van der Waals surface area contributed by atoms with Gasteiger partial charge in [0.1, 0.15) is 13.2 Å². The molecule has 0 saturated carbocycles. The van der Waals surface area contributed by atoms with Crippen LogP contribution in [-0.4, -0.2) is 37.2 Å². The molecule has 0 amide bonds. The lowest BCUT2D eigenvalue weighted by Gasteiger charge is -2.18. The van der Waals surface area contributed by atoms with E-state index in [1.807, 2.05) is 0 Å². The molecule has 0 aliphatic carbocycles. The van der Waals surface area contributed by atoms with Gasteiger partial charge in [-0.1, -0.05) is 308 Å². The predicted molar refractivity (Wildman–Crippen MR) is 321 cm³/mol. The molecule has 74 heavy (non-hydrogen) atoms. The standard InChI is InChI=1S/C68H128O6/c1-4-7-10-13-16-19-21-23-25-27-29-30-31-32-33-34-35-36-37-38-40-41-43-45-47-49-52-55-58-61-67(70)73-64-65(63-72-66(69)60-57-54-51-18-15-12-9-6-3)74-68(71)62-59-56-53-50-48-46-44-42-39-28-26-24-22-20-17-14-11-8-5-2/h24,26-27,29,65H,4-23,25,28,30-64H2,1-3H3/b26-24-,29-27-. The summed E-state index contributed by atoms with van der Waals surface area (Å²) in [6, 6.07) is 0. The van der Waals surface area contributed by atoms with Crippen molar-refractivity contribution in [2.24, 2.45) is 0 Å². The number of carbonyl (C=O) groups excluding carboxylic acids is 3. The summed E-state index contributed by atoms with van der Waals surface area (Å²) in [5, 5.41) is 0. The van der Waals surface area contributed by atoms with Crippen LogP contribution in [0.15, 0.2) is 24.3 Å². The van der Waals surface area contributed by atoms with Gasteiger partial charge in [-0.25, -0.2) is 0 Å². The van der Waals surface area contributed by atoms with Gasteiger partial charge in [-0.15, -0.1) is 0 Å². The summed E-state index contributed by atoms with van der Waals surface area (Å²) in [5.41, 5.74) is 0. The predicted octanol–water partition coefficient (Wildman–Crippen LogP) is 22.6. The molecule has 0 aliphatic rings. The van der Waals surface area contributed by atoms with Crippen molar-refractivity contribution in [1.29, 1.82) is 0 Å². The molecule has 0 N–H and O–H groups in total. The summed E-state index contributed by atoms with van der Waals surface area (Å²) < 4.78 is 16.9. The van der Waals surface area contributed by atoms with E-state index in [1.54, 1.807) is 0 Å². The van der Waals surface area contributed by atoms with Gasteiger partial charge >= 0.3 is 17.9 Å². The molecule has 6 nitrogen and oxygen atoms in total. The van der Waals surface area contributed by atoms with Crippen molar-refractivity contribution in [3.8, 4) is 0 Å². The molecule has 6 heteroatoms. The van der Waals surface area contributed by atoms with Gasteiger partial charge in [0, 0.05) is 19.3 Å². The molecule has 0 aromatic rings.